The zero-order valence-corrected chi connectivity index (χ0v) is 9.78. The third-order valence-corrected chi connectivity index (χ3v) is 0.906. The largest absolute Gasteiger partial charge is 2.00 e. The van der Waals surface area contributed by atoms with Gasteiger partial charge in [-0.1, -0.05) is 20.8 Å². The second kappa shape index (κ2) is 7.49. The van der Waals surface area contributed by atoms with Gasteiger partial charge in [-0.05, 0) is 11.8 Å². The molecule has 0 saturated carbocycles. The molecule has 0 aliphatic rings. The standard InChI is InChI=1S/C6H12O2.C2HF3O2.Ni/c1-6(2,3)4-5(7)8;3-2(4,5)1(6)7;/h4H2,1-3H3,(H,7,8);(H,6,7);/q;;+2/p-2. The number of alkyl halides is 3. The van der Waals surface area contributed by atoms with E-state index in [2.05, 4.69) is 0 Å². The van der Waals surface area contributed by atoms with Crippen LogP contribution in [0, 0.1) is 5.41 Å². The fraction of sp³-hybridized carbons (Fsp3) is 0.750. The molecule has 0 aliphatic carbocycles. The first-order valence-electron chi connectivity index (χ1n) is 3.84. The summed E-state index contributed by atoms with van der Waals surface area (Å²) in [6.45, 7) is 5.59. The summed E-state index contributed by atoms with van der Waals surface area (Å²) in [6, 6.07) is 0. The maximum Gasteiger partial charge on any atom is 2.00 e. The van der Waals surface area contributed by atoms with E-state index in [1.165, 1.54) is 0 Å². The van der Waals surface area contributed by atoms with Gasteiger partial charge in [-0.25, -0.2) is 0 Å². The van der Waals surface area contributed by atoms with Crippen molar-refractivity contribution in [3.63, 3.8) is 0 Å². The van der Waals surface area contributed by atoms with Crippen LogP contribution in [0.4, 0.5) is 13.2 Å². The topological polar surface area (TPSA) is 80.3 Å². The minimum atomic E-state index is -5.19. The van der Waals surface area contributed by atoms with Crippen molar-refractivity contribution in [3.05, 3.63) is 0 Å². The van der Waals surface area contributed by atoms with Crippen LogP contribution in [0.3, 0.4) is 0 Å². The third kappa shape index (κ3) is 18.9. The number of carboxylic acid groups (broad SMARTS) is 2. The zero-order valence-electron chi connectivity index (χ0n) is 8.79. The van der Waals surface area contributed by atoms with Crippen molar-refractivity contribution in [2.24, 2.45) is 5.41 Å². The summed E-state index contributed by atoms with van der Waals surface area (Å²) in [5.41, 5.74) is -0.140. The number of aliphatic carboxylic acids is 2. The molecular formula is C8H11F3NiO4. The summed E-state index contributed by atoms with van der Waals surface area (Å²) >= 11 is 0. The molecule has 0 radical (unpaired) electrons. The van der Waals surface area contributed by atoms with Crippen molar-refractivity contribution < 1.29 is 49.5 Å². The van der Waals surface area contributed by atoms with Gasteiger partial charge in [-0.15, -0.1) is 0 Å². The Hall–Kier alpha value is -0.776. The van der Waals surface area contributed by atoms with Crippen molar-refractivity contribution in [2.45, 2.75) is 33.4 Å². The Kier molecular flexibility index (Phi) is 9.65. The van der Waals surface area contributed by atoms with E-state index in [0.29, 0.717) is 0 Å². The normalized spacial score (nSPS) is 10.6. The van der Waals surface area contributed by atoms with Gasteiger partial charge in [0.2, 0.25) is 0 Å². The molecule has 0 aromatic rings. The number of hydrogen-bond donors (Lipinski definition) is 0. The first-order valence-corrected chi connectivity index (χ1v) is 3.84. The van der Waals surface area contributed by atoms with E-state index < -0.39 is 18.1 Å². The molecule has 4 nitrogen and oxygen atoms in total. The molecule has 0 unspecified atom stereocenters. The van der Waals surface area contributed by atoms with Gasteiger partial charge in [0.1, 0.15) is 5.97 Å². The molecule has 0 amide bonds. The Morgan fingerprint density at radius 1 is 1.06 bits per heavy atom. The molecule has 0 saturated heterocycles. The van der Waals surface area contributed by atoms with Gasteiger partial charge >= 0.3 is 22.7 Å². The first kappa shape index (κ1) is 20.6. The first-order chi connectivity index (χ1) is 6.36. The number of carbonyl (C=O) groups is 2. The fourth-order valence-corrected chi connectivity index (χ4v) is 0.433. The van der Waals surface area contributed by atoms with Crippen molar-refractivity contribution in [1.29, 1.82) is 0 Å². The van der Waals surface area contributed by atoms with E-state index in [4.69, 9.17) is 9.90 Å². The van der Waals surface area contributed by atoms with Crippen LogP contribution in [0.25, 0.3) is 0 Å². The van der Waals surface area contributed by atoms with Crippen LogP contribution < -0.4 is 10.2 Å². The minimum Gasteiger partial charge on any atom is -0.550 e. The van der Waals surface area contributed by atoms with Gasteiger partial charge in [0.05, 0.1) is 0 Å². The van der Waals surface area contributed by atoms with E-state index in [0.717, 1.165) is 0 Å². The van der Waals surface area contributed by atoms with Crippen LogP contribution in [0.1, 0.15) is 27.2 Å². The van der Waals surface area contributed by atoms with Gasteiger partial charge < -0.3 is 19.8 Å². The Morgan fingerprint density at radius 3 is 1.31 bits per heavy atom. The number of halogens is 3. The number of carbonyl (C=O) groups excluding carboxylic acids is 2. The van der Waals surface area contributed by atoms with Crippen LogP contribution in [0.5, 0.6) is 0 Å². The van der Waals surface area contributed by atoms with Crippen molar-refractivity contribution >= 4 is 11.9 Å². The second-order valence-electron chi connectivity index (χ2n) is 3.89. The quantitative estimate of drug-likeness (QED) is 0.607. The van der Waals surface area contributed by atoms with Crippen molar-refractivity contribution in [2.75, 3.05) is 0 Å². The summed E-state index contributed by atoms with van der Waals surface area (Å²) in [7, 11) is 0. The molecule has 0 spiro atoms. The summed E-state index contributed by atoms with van der Waals surface area (Å²) in [5.74, 6) is -3.98. The van der Waals surface area contributed by atoms with Crippen LogP contribution in [-0.4, -0.2) is 18.1 Å². The van der Waals surface area contributed by atoms with Crippen molar-refractivity contribution in [3.8, 4) is 0 Å². The predicted molar refractivity (Wildman–Crippen MR) is 40.1 cm³/mol. The molecule has 0 aliphatic heterocycles. The average Bonchev–Trinajstić information content (AvgIpc) is 1.78. The average molecular weight is 287 g/mol. The van der Waals surface area contributed by atoms with Gasteiger partial charge in [-0.2, -0.15) is 13.2 Å². The monoisotopic (exact) mass is 286 g/mol. The third-order valence-electron chi connectivity index (χ3n) is 0.906. The minimum absolute atomic E-state index is 0. The molecule has 0 heterocycles. The molecule has 0 bridgehead atoms. The molecule has 0 atom stereocenters. The molecule has 16 heavy (non-hydrogen) atoms. The number of rotatable bonds is 1. The Morgan fingerprint density at radius 2 is 1.31 bits per heavy atom. The van der Waals surface area contributed by atoms with Gasteiger partial charge in [0, 0.05) is 5.97 Å². The Labute approximate surface area is 101 Å². The Bertz CT molecular complexity index is 232. The predicted octanol–water partition coefficient (Wildman–Crippen LogP) is -0.531. The molecule has 0 rings (SSSR count). The summed E-state index contributed by atoms with van der Waals surface area (Å²) in [6.07, 6.45) is -5.06. The van der Waals surface area contributed by atoms with Crippen LogP contribution in [0.15, 0.2) is 0 Å². The summed E-state index contributed by atoms with van der Waals surface area (Å²) in [4.78, 5) is 18.7. The van der Waals surface area contributed by atoms with E-state index in [-0.39, 0.29) is 28.3 Å². The molecule has 0 N–H and O–H groups in total. The van der Waals surface area contributed by atoms with Crippen molar-refractivity contribution in [1.82, 2.24) is 0 Å². The van der Waals surface area contributed by atoms with Crippen LogP contribution in [0.2, 0.25) is 0 Å². The molecule has 0 aromatic carbocycles. The maximum atomic E-state index is 10.5. The summed E-state index contributed by atoms with van der Waals surface area (Å²) in [5, 5.41) is 18.7. The number of hydrogen-bond acceptors (Lipinski definition) is 4. The van der Waals surface area contributed by atoms with E-state index >= 15 is 0 Å². The summed E-state index contributed by atoms with van der Waals surface area (Å²) < 4.78 is 31.5. The van der Waals surface area contributed by atoms with Gasteiger partial charge in [0.15, 0.2) is 0 Å². The zero-order chi connectivity index (χ0) is 12.9. The Balaban J connectivity index is -0.000000200. The van der Waals surface area contributed by atoms with Gasteiger partial charge in [-0.3, -0.25) is 0 Å². The van der Waals surface area contributed by atoms with E-state index in [1.54, 1.807) is 0 Å². The maximum absolute atomic E-state index is 10.5. The molecule has 0 fully saturated rings. The van der Waals surface area contributed by atoms with E-state index in [1.807, 2.05) is 20.8 Å². The van der Waals surface area contributed by atoms with Gasteiger partial charge in [0.25, 0.3) is 0 Å². The molecule has 8 heteroatoms. The number of carboxylic acids is 2. The molecule has 98 valence electrons. The molecule has 0 aromatic heterocycles. The van der Waals surface area contributed by atoms with Crippen LogP contribution >= 0.6 is 0 Å². The second-order valence-corrected chi connectivity index (χ2v) is 3.89. The SMILES string of the molecule is CC(C)(C)CC(=O)[O-].O=C([O-])C(F)(F)F.[Ni+2]. The smallest absolute Gasteiger partial charge is 0.550 e. The molecular weight excluding hydrogens is 276 g/mol. The van der Waals surface area contributed by atoms with Crippen LogP contribution in [-0.2, 0) is 26.1 Å². The fourth-order valence-electron chi connectivity index (χ4n) is 0.433. The van der Waals surface area contributed by atoms with E-state index in [9.17, 15) is 23.1 Å².